The van der Waals surface area contributed by atoms with E-state index < -0.39 is 41.7 Å². The van der Waals surface area contributed by atoms with E-state index in [2.05, 4.69) is 5.32 Å². The van der Waals surface area contributed by atoms with Gasteiger partial charge < -0.3 is 11.1 Å². The first-order valence-electron chi connectivity index (χ1n) is 7.13. The molecule has 0 fully saturated rings. The lowest BCUT2D eigenvalue weighted by Crippen LogP contribution is -2.46. The number of rotatable bonds is 6. The standard InChI is InChI=1S/C17H15F3N2O2/c18-12-6-5-11(14(20)9-12)8-16(23)22-15(17(21)24)7-10-3-1-2-4-13(10)19/h1-6,9,15H,7-8H2,(H2,21,24)(H,22,23)/t15-/m0/s1. The van der Waals surface area contributed by atoms with E-state index in [1.807, 2.05) is 0 Å². The molecule has 4 nitrogen and oxygen atoms in total. The summed E-state index contributed by atoms with van der Waals surface area (Å²) in [5, 5.41) is 2.34. The third kappa shape index (κ3) is 4.58. The van der Waals surface area contributed by atoms with Crippen molar-refractivity contribution in [3.8, 4) is 0 Å². The van der Waals surface area contributed by atoms with Crippen LogP contribution in [0.1, 0.15) is 11.1 Å². The van der Waals surface area contributed by atoms with Gasteiger partial charge in [0.2, 0.25) is 11.8 Å². The molecule has 3 N–H and O–H groups in total. The molecule has 24 heavy (non-hydrogen) atoms. The molecule has 0 aromatic heterocycles. The monoisotopic (exact) mass is 336 g/mol. The van der Waals surface area contributed by atoms with E-state index in [0.717, 1.165) is 12.1 Å². The van der Waals surface area contributed by atoms with E-state index in [1.54, 1.807) is 6.07 Å². The number of hydrogen-bond donors (Lipinski definition) is 2. The van der Waals surface area contributed by atoms with Crippen LogP contribution in [0.5, 0.6) is 0 Å². The van der Waals surface area contributed by atoms with Crippen LogP contribution in [0.15, 0.2) is 42.5 Å². The van der Waals surface area contributed by atoms with Crippen molar-refractivity contribution in [2.45, 2.75) is 18.9 Å². The molecule has 0 aliphatic carbocycles. The van der Waals surface area contributed by atoms with E-state index in [0.29, 0.717) is 6.07 Å². The van der Waals surface area contributed by atoms with E-state index in [1.165, 1.54) is 18.2 Å². The Bertz CT molecular complexity index is 765. The largest absolute Gasteiger partial charge is 0.368 e. The van der Waals surface area contributed by atoms with Crippen molar-refractivity contribution in [2.24, 2.45) is 5.73 Å². The number of nitrogens with one attached hydrogen (secondary N) is 1. The zero-order chi connectivity index (χ0) is 17.7. The fraction of sp³-hybridized carbons (Fsp3) is 0.176. The van der Waals surface area contributed by atoms with Crippen molar-refractivity contribution in [3.05, 3.63) is 71.0 Å². The Labute approximate surface area is 136 Å². The molecule has 0 heterocycles. The Hall–Kier alpha value is -2.83. The van der Waals surface area contributed by atoms with Gasteiger partial charge in [-0.15, -0.1) is 0 Å². The van der Waals surface area contributed by atoms with Crippen LogP contribution in [0.2, 0.25) is 0 Å². The van der Waals surface area contributed by atoms with E-state index in [9.17, 15) is 22.8 Å². The molecule has 7 heteroatoms. The highest BCUT2D eigenvalue weighted by Crippen LogP contribution is 2.12. The molecule has 0 saturated carbocycles. The lowest BCUT2D eigenvalue weighted by Gasteiger charge is -2.16. The second-order valence-corrected chi connectivity index (χ2v) is 5.23. The van der Waals surface area contributed by atoms with Gasteiger partial charge in [-0.1, -0.05) is 24.3 Å². The molecule has 126 valence electrons. The molecule has 0 aliphatic heterocycles. The number of benzene rings is 2. The molecule has 0 bridgehead atoms. The molecule has 2 rings (SSSR count). The zero-order valence-corrected chi connectivity index (χ0v) is 12.6. The van der Waals surface area contributed by atoms with Crippen LogP contribution < -0.4 is 11.1 Å². The van der Waals surface area contributed by atoms with Crippen molar-refractivity contribution in [1.82, 2.24) is 5.32 Å². The van der Waals surface area contributed by atoms with Crippen LogP contribution in [0.4, 0.5) is 13.2 Å². The normalized spacial score (nSPS) is 11.8. The van der Waals surface area contributed by atoms with Crippen molar-refractivity contribution in [2.75, 3.05) is 0 Å². The van der Waals surface area contributed by atoms with Gasteiger partial charge in [-0.05, 0) is 23.3 Å². The number of hydrogen-bond acceptors (Lipinski definition) is 2. The molecule has 2 aromatic carbocycles. The third-order valence-electron chi connectivity index (χ3n) is 3.43. The summed E-state index contributed by atoms with van der Waals surface area (Å²) in [4.78, 5) is 23.4. The highest BCUT2D eigenvalue weighted by atomic mass is 19.1. The molecule has 0 unspecified atom stereocenters. The van der Waals surface area contributed by atoms with E-state index >= 15 is 0 Å². The fourth-order valence-corrected chi connectivity index (χ4v) is 2.19. The molecule has 0 spiro atoms. The van der Waals surface area contributed by atoms with Crippen molar-refractivity contribution >= 4 is 11.8 Å². The minimum atomic E-state index is -1.14. The van der Waals surface area contributed by atoms with Crippen LogP contribution in [0, 0.1) is 17.5 Å². The van der Waals surface area contributed by atoms with Gasteiger partial charge in [-0.3, -0.25) is 9.59 Å². The maximum Gasteiger partial charge on any atom is 0.240 e. The van der Waals surface area contributed by atoms with E-state index in [-0.39, 0.29) is 17.5 Å². The highest BCUT2D eigenvalue weighted by Gasteiger charge is 2.21. The first kappa shape index (κ1) is 17.5. The van der Waals surface area contributed by atoms with Gasteiger partial charge in [0.25, 0.3) is 0 Å². The molecular formula is C17H15F3N2O2. The third-order valence-corrected chi connectivity index (χ3v) is 3.43. The van der Waals surface area contributed by atoms with Gasteiger partial charge in [0.05, 0.1) is 6.42 Å². The number of halogens is 3. The lowest BCUT2D eigenvalue weighted by molar-refractivity contribution is -0.127. The van der Waals surface area contributed by atoms with Gasteiger partial charge in [0.15, 0.2) is 0 Å². The van der Waals surface area contributed by atoms with Crippen molar-refractivity contribution in [1.29, 1.82) is 0 Å². The number of primary amides is 1. The first-order valence-corrected chi connectivity index (χ1v) is 7.13. The second kappa shape index (κ2) is 7.63. The second-order valence-electron chi connectivity index (χ2n) is 5.23. The van der Waals surface area contributed by atoms with Crippen LogP contribution in [-0.4, -0.2) is 17.9 Å². The van der Waals surface area contributed by atoms with Gasteiger partial charge >= 0.3 is 0 Å². The molecule has 2 aromatic rings. The average Bonchev–Trinajstić information content (AvgIpc) is 2.51. The summed E-state index contributed by atoms with van der Waals surface area (Å²) in [6.45, 7) is 0. The topological polar surface area (TPSA) is 72.2 Å². The Balaban J connectivity index is 2.06. The van der Waals surface area contributed by atoms with Gasteiger partial charge in [0.1, 0.15) is 23.5 Å². The van der Waals surface area contributed by atoms with E-state index in [4.69, 9.17) is 5.73 Å². The predicted octanol–water partition coefficient (Wildman–Crippen LogP) is 1.86. The Kier molecular flexibility index (Phi) is 5.57. The van der Waals surface area contributed by atoms with Gasteiger partial charge in [-0.2, -0.15) is 0 Å². The van der Waals surface area contributed by atoms with Crippen LogP contribution in [0.25, 0.3) is 0 Å². The highest BCUT2D eigenvalue weighted by molar-refractivity contribution is 5.87. The summed E-state index contributed by atoms with van der Waals surface area (Å²) < 4.78 is 40.0. The maximum absolute atomic E-state index is 13.6. The number of carbonyl (C=O) groups is 2. The number of nitrogens with two attached hydrogens (primary N) is 1. The molecule has 0 aliphatic rings. The summed E-state index contributed by atoms with van der Waals surface area (Å²) in [6.07, 6.45) is -0.521. The molecular weight excluding hydrogens is 321 g/mol. The molecule has 2 amide bonds. The fourth-order valence-electron chi connectivity index (χ4n) is 2.19. The quantitative estimate of drug-likeness (QED) is 0.845. The van der Waals surface area contributed by atoms with Crippen LogP contribution in [0.3, 0.4) is 0 Å². The Morgan fingerprint density at radius 2 is 1.71 bits per heavy atom. The lowest BCUT2D eigenvalue weighted by atomic mass is 10.0. The van der Waals surface area contributed by atoms with Crippen LogP contribution in [-0.2, 0) is 22.4 Å². The predicted molar refractivity (Wildman–Crippen MR) is 81.3 cm³/mol. The summed E-state index contributed by atoms with van der Waals surface area (Å²) in [5.74, 6) is -3.67. The Morgan fingerprint density at radius 3 is 2.33 bits per heavy atom. The van der Waals surface area contributed by atoms with Crippen molar-refractivity contribution in [3.63, 3.8) is 0 Å². The maximum atomic E-state index is 13.6. The SMILES string of the molecule is NC(=O)[C@H](Cc1ccccc1F)NC(=O)Cc1ccc(F)cc1F. The van der Waals surface area contributed by atoms with Crippen LogP contribution >= 0.6 is 0 Å². The minimum absolute atomic E-state index is 0.0250. The summed E-state index contributed by atoms with van der Waals surface area (Å²) in [6, 6.07) is 7.46. The molecule has 0 radical (unpaired) electrons. The van der Waals surface area contributed by atoms with Gasteiger partial charge in [0, 0.05) is 12.5 Å². The number of amides is 2. The summed E-state index contributed by atoms with van der Waals surface area (Å²) in [7, 11) is 0. The first-order chi connectivity index (χ1) is 11.4. The smallest absolute Gasteiger partial charge is 0.240 e. The molecule has 1 atom stereocenters. The summed E-state index contributed by atoms with van der Waals surface area (Å²) >= 11 is 0. The average molecular weight is 336 g/mol. The molecule has 0 saturated heterocycles. The zero-order valence-electron chi connectivity index (χ0n) is 12.6. The number of carbonyl (C=O) groups excluding carboxylic acids is 2. The Morgan fingerprint density at radius 1 is 1.00 bits per heavy atom. The van der Waals surface area contributed by atoms with Crippen molar-refractivity contribution < 1.29 is 22.8 Å². The van der Waals surface area contributed by atoms with Gasteiger partial charge in [-0.25, -0.2) is 13.2 Å². The summed E-state index contributed by atoms with van der Waals surface area (Å²) in [5.41, 5.74) is 5.42. The minimum Gasteiger partial charge on any atom is -0.368 e.